The van der Waals surface area contributed by atoms with Gasteiger partial charge in [0.05, 0.1) is 12.0 Å². The molecule has 0 aliphatic heterocycles. The first kappa shape index (κ1) is 15.6. The van der Waals surface area contributed by atoms with E-state index in [-0.39, 0.29) is 23.3 Å². The Balaban J connectivity index is 1.36. The second-order valence-electron chi connectivity index (χ2n) is 7.89. The van der Waals surface area contributed by atoms with Gasteiger partial charge in [0.15, 0.2) is 0 Å². The number of carbonyl (C=O) groups excluding carboxylic acids is 1. The van der Waals surface area contributed by atoms with Crippen molar-refractivity contribution in [3.8, 4) is 0 Å². The third kappa shape index (κ3) is 2.14. The van der Waals surface area contributed by atoms with Crippen molar-refractivity contribution in [3.05, 3.63) is 70.8 Å². The summed E-state index contributed by atoms with van der Waals surface area (Å²) in [4.78, 5) is 24.5. The van der Waals surface area contributed by atoms with Crippen LogP contribution < -0.4 is 5.32 Å². The van der Waals surface area contributed by atoms with Crippen LogP contribution >= 0.6 is 0 Å². The fraction of sp³-hybridized carbons (Fsp3) is 0.364. The summed E-state index contributed by atoms with van der Waals surface area (Å²) in [7, 11) is 0. The Labute approximate surface area is 152 Å². The molecule has 0 heterocycles. The predicted molar refractivity (Wildman–Crippen MR) is 96.9 cm³/mol. The molecule has 0 radical (unpaired) electrons. The largest absolute Gasteiger partial charge is 0.481 e. The lowest BCUT2D eigenvalue weighted by Crippen LogP contribution is -2.31. The van der Waals surface area contributed by atoms with Crippen molar-refractivity contribution in [2.24, 2.45) is 5.92 Å². The summed E-state index contributed by atoms with van der Waals surface area (Å²) in [5.74, 6) is -1.26. The SMILES string of the molecule is O=C(O)C1CC(NC(=O)C2CC23CCc2ccccc23)c2ccccc21. The van der Waals surface area contributed by atoms with Crippen molar-refractivity contribution in [1.82, 2.24) is 5.32 Å². The number of carboxylic acid groups (broad SMARTS) is 1. The Morgan fingerprint density at radius 2 is 1.77 bits per heavy atom. The molecule has 2 aromatic carbocycles. The number of fused-ring (bicyclic) bond motifs is 3. The van der Waals surface area contributed by atoms with Crippen LogP contribution in [0.1, 0.15) is 53.5 Å². The van der Waals surface area contributed by atoms with Crippen LogP contribution in [-0.4, -0.2) is 17.0 Å². The molecule has 2 N–H and O–H groups in total. The lowest BCUT2D eigenvalue weighted by Gasteiger charge is -2.16. The molecule has 4 unspecified atom stereocenters. The molecule has 0 aromatic heterocycles. The molecule has 3 aliphatic rings. The number of amides is 1. The molecule has 1 spiro atoms. The van der Waals surface area contributed by atoms with Gasteiger partial charge in [-0.1, -0.05) is 48.5 Å². The average molecular weight is 347 g/mol. The Morgan fingerprint density at radius 3 is 2.58 bits per heavy atom. The van der Waals surface area contributed by atoms with Gasteiger partial charge in [0.25, 0.3) is 0 Å². The summed E-state index contributed by atoms with van der Waals surface area (Å²) in [6.07, 6.45) is 3.44. The predicted octanol–water partition coefficient (Wildman–Crippen LogP) is 3.32. The van der Waals surface area contributed by atoms with Crippen molar-refractivity contribution >= 4 is 11.9 Å². The van der Waals surface area contributed by atoms with E-state index in [9.17, 15) is 14.7 Å². The van der Waals surface area contributed by atoms with E-state index in [1.54, 1.807) is 0 Å². The van der Waals surface area contributed by atoms with Gasteiger partial charge in [-0.2, -0.15) is 0 Å². The number of hydrogen-bond acceptors (Lipinski definition) is 2. The van der Waals surface area contributed by atoms with E-state index in [1.807, 2.05) is 24.3 Å². The van der Waals surface area contributed by atoms with E-state index < -0.39 is 11.9 Å². The number of aliphatic carboxylic acids is 1. The van der Waals surface area contributed by atoms with Crippen LogP contribution in [0.15, 0.2) is 48.5 Å². The van der Waals surface area contributed by atoms with Crippen molar-refractivity contribution in [2.45, 2.75) is 43.1 Å². The first-order chi connectivity index (χ1) is 12.6. The van der Waals surface area contributed by atoms with Gasteiger partial charge >= 0.3 is 5.97 Å². The smallest absolute Gasteiger partial charge is 0.311 e. The Kier molecular flexibility index (Phi) is 3.27. The van der Waals surface area contributed by atoms with Crippen molar-refractivity contribution in [2.75, 3.05) is 0 Å². The summed E-state index contributed by atoms with van der Waals surface area (Å²) in [6.45, 7) is 0. The van der Waals surface area contributed by atoms with Crippen LogP contribution in [0.2, 0.25) is 0 Å². The molecule has 4 atom stereocenters. The molecule has 1 fully saturated rings. The van der Waals surface area contributed by atoms with E-state index in [1.165, 1.54) is 11.1 Å². The zero-order chi connectivity index (χ0) is 17.9. The topological polar surface area (TPSA) is 66.4 Å². The van der Waals surface area contributed by atoms with E-state index in [0.29, 0.717) is 6.42 Å². The number of rotatable bonds is 3. The third-order valence-electron chi connectivity index (χ3n) is 6.62. The summed E-state index contributed by atoms with van der Waals surface area (Å²) in [6, 6.07) is 15.8. The molecule has 5 rings (SSSR count). The molecule has 26 heavy (non-hydrogen) atoms. The molecule has 0 saturated heterocycles. The molecular weight excluding hydrogens is 326 g/mol. The highest BCUT2D eigenvalue weighted by Crippen LogP contribution is 2.61. The van der Waals surface area contributed by atoms with Gasteiger partial charge in [0, 0.05) is 11.3 Å². The Morgan fingerprint density at radius 1 is 1.04 bits per heavy atom. The van der Waals surface area contributed by atoms with E-state index in [2.05, 4.69) is 29.6 Å². The third-order valence-corrected chi connectivity index (χ3v) is 6.62. The van der Waals surface area contributed by atoms with E-state index >= 15 is 0 Å². The Hall–Kier alpha value is -2.62. The highest BCUT2D eigenvalue weighted by molar-refractivity contribution is 5.86. The summed E-state index contributed by atoms with van der Waals surface area (Å²) < 4.78 is 0. The zero-order valence-electron chi connectivity index (χ0n) is 14.4. The maximum absolute atomic E-state index is 13.0. The molecule has 2 aromatic rings. The minimum absolute atomic E-state index is 0.0159. The summed E-state index contributed by atoms with van der Waals surface area (Å²) >= 11 is 0. The summed E-state index contributed by atoms with van der Waals surface area (Å²) in [5, 5.41) is 12.7. The molecule has 132 valence electrons. The van der Waals surface area contributed by atoms with Gasteiger partial charge in [0.1, 0.15) is 0 Å². The zero-order valence-corrected chi connectivity index (χ0v) is 14.4. The van der Waals surface area contributed by atoms with Crippen LogP contribution in [0.4, 0.5) is 0 Å². The van der Waals surface area contributed by atoms with Gasteiger partial charge < -0.3 is 10.4 Å². The number of aryl methyl sites for hydroxylation is 1. The lowest BCUT2D eigenvalue weighted by molar-refractivity contribution is -0.139. The van der Waals surface area contributed by atoms with Crippen LogP contribution in [0.5, 0.6) is 0 Å². The van der Waals surface area contributed by atoms with Gasteiger partial charge in [-0.3, -0.25) is 9.59 Å². The summed E-state index contributed by atoms with van der Waals surface area (Å²) in [5.41, 5.74) is 4.53. The highest BCUT2D eigenvalue weighted by atomic mass is 16.4. The van der Waals surface area contributed by atoms with Crippen molar-refractivity contribution in [1.29, 1.82) is 0 Å². The second-order valence-corrected chi connectivity index (χ2v) is 7.89. The van der Waals surface area contributed by atoms with E-state index in [4.69, 9.17) is 0 Å². The number of carboxylic acids is 1. The van der Waals surface area contributed by atoms with Crippen LogP contribution in [0.25, 0.3) is 0 Å². The van der Waals surface area contributed by atoms with Crippen LogP contribution in [-0.2, 0) is 21.4 Å². The molecule has 4 nitrogen and oxygen atoms in total. The molecule has 0 bridgehead atoms. The number of hydrogen-bond donors (Lipinski definition) is 2. The highest BCUT2D eigenvalue weighted by Gasteiger charge is 2.61. The molecule has 3 aliphatic carbocycles. The molecule has 1 amide bonds. The standard InChI is InChI=1S/C22H21NO3/c24-20(18-12-22(18)10-9-13-5-1-4-8-17(13)22)23-19-11-16(21(25)26)14-6-2-3-7-15(14)19/h1-8,16,18-19H,9-12H2,(H,23,24)(H,25,26). The second kappa shape index (κ2) is 5.44. The Bertz CT molecular complexity index is 921. The maximum atomic E-state index is 13.0. The minimum Gasteiger partial charge on any atom is -0.481 e. The number of carbonyl (C=O) groups is 2. The fourth-order valence-electron chi connectivity index (χ4n) is 5.22. The monoisotopic (exact) mass is 347 g/mol. The molecular formula is C22H21NO3. The molecule has 1 saturated carbocycles. The number of nitrogens with one attached hydrogen (secondary N) is 1. The van der Waals surface area contributed by atoms with Gasteiger partial charge in [-0.05, 0) is 47.9 Å². The van der Waals surface area contributed by atoms with Gasteiger partial charge in [-0.25, -0.2) is 0 Å². The normalized spacial score (nSPS) is 30.7. The fourth-order valence-corrected chi connectivity index (χ4v) is 5.22. The first-order valence-corrected chi connectivity index (χ1v) is 9.30. The molecule has 4 heteroatoms. The van der Waals surface area contributed by atoms with Crippen molar-refractivity contribution < 1.29 is 14.7 Å². The average Bonchev–Trinajstić information content (AvgIpc) is 3.11. The van der Waals surface area contributed by atoms with Gasteiger partial charge in [-0.15, -0.1) is 0 Å². The lowest BCUT2D eigenvalue weighted by atomic mass is 9.95. The van der Waals surface area contributed by atoms with E-state index in [0.717, 1.165) is 30.4 Å². The van der Waals surface area contributed by atoms with Crippen molar-refractivity contribution in [3.63, 3.8) is 0 Å². The first-order valence-electron chi connectivity index (χ1n) is 9.30. The van der Waals surface area contributed by atoms with Crippen LogP contribution in [0, 0.1) is 5.92 Å². The maximum Gasteiger partial charge on any atom is 0.311 e. The van der Waals surface area contributed by atoms with Gasteiger partial charge in [0.2, 0.25) is 5.91 Å². The quantitative estimate of drug-likeness (QED) is 0.895. The minimum atomic E-state index is -0.818. The van der Waals surface area contributed by atoms with Crippen LogP contribution in [0.3, 0.4) is 0 Å². The number of benzene rings is 2.